The van der Waals surface area contributed by atoms with Gasteiger partial charge < -0.3 is 14.2 Å². The summed E-state index contributed by atoms with van der Waals surface area (Å²) in [7, 11) is 1.24. The van der Waals surface area contributed by atoms with Gasteiger partial charge >= 0.3 is 12.1 Å². The van der Waals surface area contributed by atoms with Crippen molar-refractivity contribution in [3.05, 3.63) is 32.8 Å². The number of esters is 1. The molecule has 1 saturated heterocycles. The predicted molar refractivity (Wildman–Crippen MR) is 112 cm³/mol. The van der Waals surface area contributed by atoms with Crippen molar-refractivity contribution in [2.75, 3.05) is 32.6 Å². The van der Waals surface area contributed by atoms with E-state index in [2.05, 4.69) is 4.74 Å². The van der Waals surface area contributed by atoms with E-state index >= 15 is 0 Å². The molecule has 0 bridgehead atoms. The van der Waals surface area contributed by atoms with Crippen LogP contribution in [0, 0.1) is 10.1 Å². The molecule has 1 aromatic rings. The molecule has 1 aliphatic rings. The fraction of sp³-hybridized carbons (Fsp3) is 0.579. The second-order valence-corrected chi connectivity index (χ2v) is 9.01. The van der Waals surface area contributed by atoms with Crippen molar-refractivity contribution in [1.29, 1.82) is 0 Å². The maximum Gasteiger partial charge on any atom is 0.410 e. The predicted octanol–water partition coefficient (Wildman–Crippen LogP) is 4.21. The highest BCUT2D eigenvalue weighted by atomic mass is 35.5. The molecule has 1 atom stereocenters. The molecule has 0 aromatic heterocycles. The minimum Gasteiger partial charge on any atom is -0.468 e. The number of thioether (sulfide) groups is 1. The minimum atomic E-state index is -0.695. The van der Waals surface area contributed by atoms with Gasteiger partial charge in [0, 0.05) is 29.8 Å². The average Bonchev–Trinajstić information content (AvgIpc) is 2.90. The van der Waals surface area contributed by atoms with Crippen molar-refractivity contribution < 1.29 is 28.7 Å². The van der Waals surface area contributed by atoms with Crippen molar-refractivity contribution in [2.45, 2.75) is 43.7 Å². The Balaban J connectivity index is 2.42. The van der Waals surface area contributed by atoms with Gasteiger partial charge in [-0.2, -0.15) is 0 Å². The van der Waals surface area contributed by atoms with Crippen LogP contribution in [-0.4, -0.2) is 60.1 Å². The zero-order valence-corrected chi connectivity index (χ0v) is 18.9. The number of ether oxygens (including phenoxy) is 3. The molecule has 166 valence electrons. The van der Waals surface area contributed by atoms with E-state index in [1.165, 1.54) is 24.1 Å². The molecule has 1 unspecified atom stereocenters. The fourth-order valence-electron chi connectivity index (χ4n) is 2.84. The third-order valence-electron chi connectivity index (χ3n) is 4.17. The summed E-state index contributed by atoms with van der Waals surface area (Å²) in [5.74, 6) is -0.605. The van der Waals surface area contributed by atoms with E-state index in [9.17, 15) is 19.7 Å². The van der Waals surface area contributed by atoms with E-state index in [1.807, 2.05) is 0 Å². The highest BCUT2D eigenvalue weighted by molar-refractivity contribution is 8.00. The summed E-state index contributed by atoms with van der Waals surface area (Å²) in [6.45, 7) is 6.23. The van der Waals surface area contributed by atoms with E-state index in [-0.39, 0.29) is 28.0 Å². The van der Waals surface area contributed by atoms with Crippen molar-refractivity contribution >= 4 is 41.1 Å². The van der Waals surface area contributed by atoms with Gasteiger partial charge in [-0.1, -0.05) is 11.6 Å². The van der Waals surface area contributed by atoms with Gasteiger partial charge in [0.1, 0.15) is 5.60 Å². The summed E-state index contributed by atoms with van der Waals surface area (Å²) in [6, 6.07) is 2.12. The van der Waals surface area contributed by atoms with E-state index in [4.69, 9.17) is 21.1 Å². The first-order valence-corrected chi connectivity index (χ1v) is 10.6. The maximum atomic E-state index is 12.8. The van der Waals surface area contributed by atoms with E-state index < -0.39 is 28.6 Å². The first-order valence-electron chi connectivity index (χ1n) is 9.28. The van der Waals surface area contributed by atoms with Crippen LogP contribution in [0.25, 0.3) is 0 Å². The van der Waals surface area contributed by atoms with Crippen molar-refractivity contribution in [1.82, 2.24) is 4.90 Å². The number of nitro groups is 1. The van der Waals surface area contributed by atoms with Gasteiger partial charge in [0.25, 0.3) is 5.69 Å². The Morgan fingerprint density at radius 3 is 2.70 bits per heavy atom. The quantitative estimate of drug-likeness (QED) is 0.278. The number of nitrogens with zero attached hydrogens (tertiary/aromatic N) is 2. The number of amides is 1. The van der Waals surface area contributed by atoms with Crippen LogP contribution in [0.1, 0.15) is 38.8 Å². The zero-order chi connectivity index (χ0) is 22.5. The van der Waals surface area contributed by atoms with Crippen LogP contribution in [-0.2, 0) is 19.0 Å². The smallest absolute Gasteiger partial charge is 0.410 e. The van der Waals surface area contributed by atoms with Gasteiger partial charge in [-0.15, -0.1) is 11.8 Å². The third kappa shape index (κ3) is 6.48. The van der Waals surface area contributed by atoms with Crippen LogP contribution in [0.3, 0.4) is 0 Å². The Kier molecular flexibility index (Phi) is 8.34. The van der Waals surface area contributed by atoms with Crippen LogP contribution in [0.4, 0.5) is 10.5 Å². The average molecular weight is 461 g/mol. The van der Waals surface area contributed by atoms with Crippen LogP contribution in [0.15, 0.2) is 17.0 Å². The SMILES string of the molecule is COC(=O)CSc1cc(Cl)c(C2COCCCN2C(=O)OC(C)(C)C)cc1[N+](=O)[O-]. The van der Waals surface area contributed by atoms with Gasteiger partial charge in [-0.25, -0.2) is 4.79 Å². The van der Waals surface area contributed by atoms with Crippen LogP contribution < -0.4 is 0 Å². The molecule has 0 spiro atoms. The first kappa shape index (κ1) is 24.2. The molecule has 0 aliphatic carbocycles. The number of carbonyl (C=O) groups excluding carboxylic acids is 2. The number of hydrogen-bond donors (Lipinski definition) is 0. The lowest BCUT2D eigenvalue weighted by atomic mass is 10.0. The summed E-state index contributed by atoms with van der Waals surface area (Å²) < 4.78 is 15.7. The summed E-state index contributed by atoms with van der Waals surface area (Å²) in [5, 5.41) is 11.9. The molecule has 2 rings (SSSR count). The zero-order valence-electron chi connectivity index (χ0n) is 17.3. The van der Waals surface area contributed by atoms with Gasteiger partial charge in [0.2, 0.25) is 0 Å². The monoisotopic (exact) mass is 460 g/mol. The fourth-order valence-corrected chi connectivity index (χ4v) is 4.07. The third-order valence-corrected chi connectivity index (χ3v) is 5.52. The molecule has 1 aliphatic heterocycles. The van der Waals surface area contributed by atoms with Crippen molar-refractivity contribution in [3.8, 4) is 0 Å². The number of rotatable bonds is 5. The molecular formula is C19H25ClN2O7S. The van der Waals surface area contributed by atoms with Crippen molar-refractivity contribution in [3.63, 3.8) is 0 Å². The molecule has 30 heavy (non-hydrogen) atoms. The molecule has 0 radical (unpaired) electrons. The number of carbonyl (C=O) groups is 2. The van der Waals surface area contributed by atoms with E-state index in [0.29, 0.717) is 25.1 Å². The lowest BCUT2D eigenvalue weighted by molar-refractivity contribution is -0.387. The first-order chi connectivity index (χ1) is 14.0. The Morgan fingerprint density at radius 2 is 2.10 bits per heavy atom. The Bertz CT molecular complexity index is 813. The summed E-state index contributed by atoms with van der Waals surface area (Å²) in [6.07, 6.45) is 0.0589. The molecule has 1 heterocycles. The van der Waals surface area contributed by atoms with E-state index in [1.54, 1.807) is 20.8 Å². The number of methoxy groups -OCH3 is 1. The topological polar surface area (TPSA) is 108 Å². The second kappa shape index (κ2) is 10.3. The van der Waals surface area contributed by atoms with Crippen LogP contribution in [0.5, 0.6) is 0 Å². The lowest BCUT2D eigenvalue weighted by Gasteiger charge is -2.32. The number of benzene rings is 1. The summed E-state index contributed by atoms with van der Waals surface area (Å²) in [5.41, 5.74) is -0.519. The van der Waals surface area contributed by atoms with E-state index in [0.717, 1.165) is 11.8 Å². The van der Waals surface area contributed by atoms with Crippen molar-refractivity contribution in [2.24, 2.45) is 0 Å². The Hall–Kier alpha value is -2.04. The van der Waals surface area contributed by atoms with Crippen LogP contribution >= 0.6 is 23.4 Å². The van der Waals surface area contributed by atoms with Crippen LogP contribution in [0.2, 0.25) is 5.02 Å². The number of hydrogen-bond acceptors (Lipinski definition) is 8. The molecule has 11 heteroatoms. The molecular weight excluding hydrogens is 436 g/mol. The molecule has 1 aromatic carbocycles. The second-order valence-electron chi connectivity index (χ2n) is 7.58. The van der Waals surface area contributed by atoms with Gasteiger partial charge in [0.15, 0.2) is 0 Å². The minimum absolute atomic E-state index is 0.0937. The summed E-state index contributed by atoms with van der Waals surface area (Å²) >= 11 is 7.42. The highest BCUT2D eigenvalue weighted by Gasteiger charge is 2.34. The largest absolute Gasteiger partial charge is 0.468 e. The molecule has 0 saturated carbocycles. The number of halogens is 1. The number of nitro benzene ring substituents is 1. The highest BCUT2D eigenvalue weighted by Crippen LogP contribution is 2.39. The van der Waals surface area contributed by atoms with Gasteiger partial charge in [0.05, 0.1) is 35.3 Å². The lowest BCUT2D eigenvalue weighted by Crippen LogP contribution is -2.40. The van der Waals surface area contributed by atoms with Gasteiger partial charge in [-0.3, -0.25) is 19.8 Å². The molecule has 9 nitrogen and oxygen atoms in total. The molecule has 1 fully saturated rings. The Labute approximate surface area is 184 Å². The normalized spacial score (nSPS) is 17.2. The Morgan fingerprint density at radius 1 is 1.40 bits per heavy atom. The molecule has 1 amide bonds. The maximum absolute atomic E-state index is 12.8. The summed E-state index contributed by atoms with van der Waals surface area (Å²) in [4.78, 5) is 37.0. The van der Waals surface area contributed by atoms with Gasteiger partial charge in [-0.05, 0) is 33.3 Å². The standard InChI is InChI=1S/C19H25ClN2O7S/c1-19(2,3)29-18(24)21-6-5-7-28-10-15(21)12-8-14(22(25)26)16(9-13(12)20)30-11-17(23)27-4/h8-9,15H,5-7,10-11H2,1-4H3. The molecule has 0 N–H and O–H groups in total.